The summed E-state index contributed by atoms with van der Waals surface area (Å²) >= 11 is 0. The Balaban J connectivity index is 1.79. The van der Waals surface area contributed by atoms with Crippen LogP contribution in [0.2, 0.25) is 0 Å². The van der Waals surface area contributed by atoms with Crippen LogP contribution in [-0.2, 0) is 19.8 Å². The van der Waals surface area contributed by atoms with Crippen molar-refractivity contribution >= 4 is 0 Å². The zero-order valence-electron chi connectivity index (χ0n) is 13.2. The summed E-state index contributed by atoms with van der Waals surface area (Å²) in [6, 6.07) is 0. The first kappa shape index (κ1) is 19.2. The van der Waals surface area contributed by atoms with Crippen molar-refractivity contribution in [1.29, 1.82) is 0 Å². The number of alkyl halides is 6. The largest absolute Gasteiger partial charge is 0.389 e. The van der Waals surface area contributed by atoms with Crippen LogP contribution < -0.4 is 9.13 Å². The summed E-state index contributed by atoms with van der Waals surface area (Å²) in [6.45, 7) is 0.588. The molecular weight excluding hydrogens is 354 g/mol. The van der Waals surface area contributed by atoms with E-state index >= 15 is 0 Å². The molecule has 0 aromatic carbocycles. The predicted molar refractivity (Wildman–Crippen MR) is 70.8 cm³/mol. The smallest absolute Gasteiger partial charge is 0.237 e. The summed E-state index contributed by atoms with van der Waals surface area (Å²) in [7, 11) is 0. The van der Waals surface area contributed by atoms with Crippen molar-refractivity contribution in [2.45, 2.75) is 57.8 Å². The molecule has 0 aliphatic rings. The molecule has 0 saturated carbocycles. The Kier molecular flexibility index (Phi) is 6.01. The normalized spacial score (nSPS) is 12.7. The fourth-order valence-corrected chi connectivity index (χ4v) is 2.18. The Morgan fingerprint density at radius 2 is 1.12 bits per heavy atom. The minimum Gasteiger partial charge on any atom is -0.237 e. The fourth-order valence-electron chi connectivity index (χ4n) is 2.18. The maximum Gasteiger partial charge on any atom is 0.389 e. The molecule has 25 heavy (non-hydrogen) atoms. The number of rotatable bonds is 8. The Morgan fingerprint density at radius 3 is 1.48 bits per heavy atom. The molecular formula is C13H18F6N6+2. The molecule has 2 rings (SSSR count). The number of hydrogen-bond donors (Lipinski definition) is 0. The van der Waals surface area contributed by atoms with Gasteiger partial charge in [0.1, 0.15) is 0 Å². The molecule has 2 heterocycles. The summed E-state index contributed by atoms with van der Waals surface area (Å²) < 4.78 is 78.6. The van der Waals surface area contributed by atoms with Crippen LogP contribution >= 0.6 is 0 Å². The third kappa shape index (κ3) is 7.52. The van der Waals surface area contributed by atoms with Crippen molar-refractivity contribution in [3.8, 4) is 0 Å². The van der Waals surface area contributed by atoms with Gasteiger partial charge in [-0.15, -0.1) is 0 Å². The molecule has 0 unspecified atom stereocenters. The predicted octanol–water partition coefficient (Wildman–Crippen LogP) is 1.85. The highest BCUT2D eigenvalue weighted by molar-refractivity contribution is 4.53. The van der Waals surface area contributed by atoms with Crippen LogP contribution in [-0.4, -0.2) is 31.9 Å². The van der Waals surface area contributed by atoms with Crippen LogP contribution in [0.4, 0.5) is 26.3 Å². The van der Waals surface area contributed by atoms with Crippen molar-refractivity contribution in [3.05, 3.63) is 25.3 Å². The van der Waals surface area contributed by atoms with Gasteiger partial charge in [-0.2, -0.15) is 26.3 Å². The van der Waals surface area contributed by atoms with E-state index in [1.807, 2.05) is 0 Å². The van der Waals surface area contributed by atoms with Gasteiger partial charge in [-0.3, -0.25) is 0 Å². The van der Waals surface area contributed by atoms with E-state index in [1.54, 1.807) is 12.7 Å². The highest BCUT2D eigenvalue weighted by Crippen LogP contribution is 2.21. The molecule has 0 radical (unpaired) electrons. The lowest BCUT2D eigenvalue weighted by molar-refractivity contribution is -0.699. The van der Waals surface area contributed by atoms with Crippen LogP contribution in [0.15, 0.2) is 25.3 Å². The number of halogens is 6. The first-order chi connectivity index (χ1) is 11.6. The molecule has 2 aromatic rings. The lowest BCUT2D eigenvalue weighted by Crippen LogP contribution is -2.32. The second-order valence-electron chi connectivity index (χ2n) is 5.63. The average Bonchev–Trinajstić information content (AvgIpc) is 3.06. The van der Waals surface area contributed by atoms with Crippen LogP contribution in [0.1, 0.15) is 25.7 Å². The highest BCUT2D eigenvalue weighted by Gasteiger charge is 2.27. The lowest BCUT2D eigenvalue weighted by atomic mass is 10.3. The van der Waals surface area contributed by atoms with Gasteiger partial charge in [0.05, 0.1) is 13.1 Å². The Hall–Kier alpha value is -2.14. The van der Waals surface area contributed by atoms with Crippen LogP contribution in [0.25, 0.3) is 0 Å². The molecule has 0 bridgehead atoms. The minimum absolute atomic E-state index is 0.0408. The van der Waals surface area contributed by atoms with Gasteiger partial charge in [-0.1, -0.05) is 9.36 Å². The molecule has 0 saturated heterocycles. The molecule has 0 N–H and O–H groups in total. The van der Waals surface area contributed by atoms with E-state index in [-0.39, 0.29) is 32.6 Å². The van der Waals surface area contributed by atoms with Gasteiger partial charge in [0, 0.05) is 23.0 Å². The molecule has 140 valence electrons. The van der Waals surface area contributed by atoms with Gasteiger partial charge in [0.15, 0.2) is 0 Å². The van der Waals surface area contributed by atoms with Gasteiger partial charge < -0.3 is 0 Å². The molecule has 2 aromatic heterocycles. The average molecular weight is 372 g/mol. The van der Waals surface area contributed by atoms with Gasteiger partial charge in [-0.05, 0) is 12.8 Å². The number of hydrogen-bond acceptors (Lipinski definition) is 2. The minimum atomic E-state index is -4.18. The zero-order valence-corrected chi connectivity index (χ0v) is 13.2. The van der Waals surface area contributed by atoms with Gasteiger partial charge in [0.25, 0.3) is 19.3 Å². The summed E-state index contributed by atoms with van der Waals surface area (Å²) in [5, 5.41) is 8.02. The lowest BCUT2D eigenvalue weighted by Gasteiger charge is -2.03. The second kappa shape index (κ2) is 7.83. The SMILES string of the molecule is FC(F)(F)CCC[n+]1cnn(Cn2c[n+](CCCC(F)(F)F)cn2)c1. The van der Waals surface area contributed by atoms with Crippen LogP contribution in [0, 0.1) is 0 Å². The van der Waals surface area contributed by atoms with E-state index in [1.165, 1.54) is 31.2 Å². The van der Waals surface area contributed by atoms with Gasteiger partial charge >= 0.3 is 12.4 Å². The van der Waals surface area contributed by atoms with E-state index in [4.69, 9.17) is 0 Å². The molecule has 12 heteroatoms. The van der Waals surface area contributed by atoms with Crippen molar-refractivity contribution in [1.82, 2.24) is 19.6 Å². The van der Waals surface area contributed by atoms with E-state index in [0.29, 0.717) is 0 Å². The highest BCUT2D eigenvalue weighted by atomic mass is 19.4. The van der Waals surface area contributed by atoms with E-state index in [9.17, 15) is 26.3 Å². The first-order valence-electron chi connectivity index (χ1n) is 7.57. The van der Waals surface area contributed by atoms with Crippen LogP contribution in [0.3, 0.4) is 0 Å². The topological polar surface area (TPSA) is 43.4 Å². The third-order valence-corrected chi connectivity index (χ3v) is 3.30. The molecule has 0 aliphatic carbocycles. The Morgan fingerprint density at radius 1 is 0.720 bits per heavy atom. The Labute approximate surface area is 139 Å². The third-order valence-electron chi connectivity index (χ3n) is 3.30. The zero-order chi connectivity index (χ0) is 18.5. The van der Waals surface area contributed by atoms with Gasteiger partial charge in [-0.25, -0.2) is 9.13 Å². The molecule has 0 atom stereocenters. The van der Waals surface area contributed by atoms with E-state index < -0.39 is 25.2 Å². The quantitative estimate of drug-likeness (QED) is 0.524. The summed E-state index contributed by atoms with van der Waals surface area (Å²) in [6.07, 6.45) is -4.23. The van der Waals surface area contributed by atoms with Crippen molar-refractivity contribution in [2.75, 3.05) is 0 Å². The number of aryl methyl sites for hydroxylation is 2. The molecule has 0 aliphatic heterocycles. The Bertz CT molecular complexity index is 602. The molecule has 6 nitrogen and oxygen atoms in total. The monoisotopic (exact) mass is 372 g/mol. The van der Waals surface area contributed by atoms with Crippen LogP contribution in [0.5, 0.6) is 0 Å². The van der Waals surface area contributed by atoms with Gasteiger partial charge in [0.2, 0.25) is 12.7 Å². The standard InChI is InChI=1S/C13H18F6N6/c14-12(15,16)3-1-5-22-7-20-24(9-22)11-25-10-23(8-21-25)6-2-4-13(17,18)19/h7-10H,1-6,11H2/q+2. The molecule has 0 amide bonds. The second-order valence-corrected chi connectivity index (χ2v) is 5.63. The fraction of sp³-hybridized carbons (Fsp3) is 0.692. The molecule has 0 fully saturated rings. The van der Waals surface area contributed by atoms with E-state index in [0.717, 1.165) is 0 Å². The van der Waals surface area contributed by atoms with Crippen molar-refractivity contribution in [2.24, 2.45) is 0 Å². The first-order valence-corrected chi connectivity index (χ1v) is 7.57. The summed E-state index contributed by atoms with van der Waals surface area (Å²) in [5.74, 6) is 0. The van der Waals surface area contributed by atoms with Crippen molar-refractivity contribution < 1.29 is 35.5 Å². The summed E-state index contributed by atoms with van der Waals surface area (Å²) in [5.41, 5.74) is 0. The summed E-state index contributed by atoms with van der Waals surface area (Å²) in [4.78, 5) is 0. The van der Waals surface area contributed by atoms with Crippen molar-refractivity contribution in [3.63, 3.8) is 0 Å². The van der Waals surface area contributed by atoms with E-state index in [2.05, 4.69) is 10.2 Å². The molecule has 0 spiro atoms. The maximum absolute atomic E-state index is 12.1. The number of nitrogens with zero attached hydrogens (tertiary/aromatic N) is 6. The number of aromatic nitrogens is 6. The maximum atomic E-state index is 12.1.